The molecule has 2 aromatic heterocycles. The van der Waals surface area contributed by atoms with Crippen molar-refractivity contribution in [1.29, 1.82) is 0 Å². The lowest BCUT2D eigenvalue weighted by molar-refractivity contribution is -0.145. The Morgan fingerprint density at radius 2 is 1.50 bits per heavy atom. The Bertz CT molecular complexity index is 1970. The van der Waals surface area contributed by atoms with Gasteiger partial charge in [-0.3, -0.25) is 20.2 Å². The number of carbonyl (C=O) groups excluding carboxylic acids is 2. The maximum absolute atomic E-state index is 12.0. The van der Waals surface area contributed by atoms with Crippen LogP contribution in [-0.4, -0.2) is 85.8 Å². The number of benzene rings is 2. The first-order chi connectivity index (χ1) is 25.2. The van der Waals surface area contributed by atoms with Gasteiger partial charge in [0.1, 0.15) is 17.9 Å². The summed E-state index contributed by atoms with van der Waals surface area (Å²) in [6.07, 6.45) is 3.72. The van der Waals surface area contributed by atoms with Crippen LogP contribution in [-0.2, 0) is 38.6 Å². The van der Waals surface area contributed by atoms with Crippen LogP contribution in [0.3, 0.4) is 0 Å². The third-order valence-corrected chi connectivity index (χ3v) is 9.60. The van der Waals surface area contributed by atoms with E-state index < -0.39 is 30.6 Å². The number of carbonyl (C=O) groups is 2. The number of halogens is 1. The topological polar surface area (TPSA) is 164 Å². The normalized spacial score (nSPS) is 14.1. The number of methoxy groups -OCH3 is 3. The average Bonchev–Trinajstić information content (AvgIpc) is 3.58. The van der Waals surface area contributed by atoms with Gasteiger partial charge in [0.25, 0.3) is 0 Å². The molecule has 1 aliphatic rings. The minimum atomic E-state index is -0.851. The van der Waals surface area contributed by atoms with Gasteiger partial charge in [-0.15, -0.1) is 0 Å². The Morgan fingerprint density at radius 3 is 2.13 bits per heavy atom. The van der Waals surface area contributed by atoms with Crippen LogP contribution in [0.2, 0.25) is 5.02 Å². The fourth-order valence-electron chi connectivity index (χ4n) is 6.40. The number of allylic oxidation sites excluding steroid dienone is 1. The summed E-state index contributed by atoms with van der Waals surface area (Å²) < 4.78 is 15.1. The molecule has 2 atom stereocenters. The summed E-state index contributed by atoms with van der Waals surface area (Å²) in [6.45, 7) is 1.74. The number of hydrogen-bond donors (Lipinski definition) is 5. The zero-order valence-electron chi connectivity index (χ0n) is 29.9. The van der Waals surface area contributed by atoms with Crippen molar-refractivity contribution in [3.8, 4) is 28.3 Å². The van der Waals surface area contributed by atoms with Gasteiger partial charge in [-0.25, -0.2) is 9.97 Å². The quantitative estimate of drug-likeness (QED) is 0.109. The van der Waals surface area contributed by atoms with Gasteiger partial charge in [0.05, 0.1) is 51.0 Å². The van der Waals surface area contributed by atoms with Gasteiger partial charge < -0.3 is 29.7 Å². The van der Waals surface area contributed by atoms with Gasteiger partial charge >= 0.3 is 11.9 Å². The lowest BCUT2D eigenvalue weighted by Crippen LogP contribution is -2.40. The Labute approximate surface area is 308 Å². The van der Waals surface area contributed by atoms with Crippen molar-refractivity contribution >= 4 is 41.0 Å². The highest BCUT2D eigenvalue weighted by molar-refractivity contribution is 6.36. The standard InChI is InChI=1S/C39H44ClN5O7/c1-22-16-32(45-36(41-2)31(22)19-43-34(21-47)39(49)52-5)30-11-7-10-29(35(30)40)27-9-6-8-26-23(13-15-28(26)27)17-25-14-12-24(37(44-25)50-3)18-42-33(20-46)38(48)51-4/h6-12,14,16-17,33-34,42-43,46-47H,13,15,18-21H2,1-5H3,(H,41,45)/b23-17+. The summed E-state index contributed by atoms with van der Waals surface area (Å²) >= 11 is 7.20. The van der Waals surface area contributed by atoms with Crippen molar-refractivity contribution in [2.75, 3.05) is 46.9 Å². The van der Waals surface area contributed by atoms with E-state index in [1.165, 1.54) is 19.8 Å². The number of ether oxygens (including phenoxy) is 3. The second-order valence-electron chi connectivity index (χ2n) is 12.3. The number of aryl methyl sites for hydroxylation is 1. The molecule has 13 heteroatoms. The van der Waals surface area contributed by atoms with Crippen molar-refractivity contribution < 1.29 is 34.0 Å². The molecule has 0 fully saturated rings. The molecular weight excluding hydrogens is 686 g/mol. The first kappa shape index (κ1) is 38.4. The lowest BCUT2D eigenvalue weighted by Gasteiger charge is -2.19. The average molecular weight is 730 g/mol. The second-order valence-corrected chi connectivity index (χ2v) is 12.6. The van der Waals surface area contributed by atoms with E-state index in [9.17, 15) is 19.8 Å². The molecule has 1 aliphatic carbocycles. The summed E-state index contributed by atoms with van der Waals surface area (Å²) in [5.41, 5.74) is 10.2. The van der Waals surface area contributed by atoms with E-state index in [2.05, 4.69) is 34.2 Å². The molecule has 2 unspecified atom stereocenters. The number of hydrogen-bond acceptors (Lipinski definition) is 12. The maximum Gasteiger partial charge on any atom is 0.325 e. The Balaban J connectivity index is 1.42. The van der Waals surface area contributed by atoms with Crippen molar-refractivity contribution in [2.24, 2.45) is 0 Å². The van der Waals surface area contributed by atoms with Gasteiger partial charge in [-0.05, 0) is 65.8 Å². The molecule has 2 heterocycles. The van der Waals surface area contributed by atoms with Crippen LogP contribution >= 0.6 is 11.6 Å². The van der Waals surface area contributed by atoms with Crippen LogP contribution < -0.4 is 20.7 Å². The molecule has 5 N–H and O–H groups in total. The van der Waals surface area contributed by atoms with E-state index >= 15 is 0 Å². The summed E-state index contributed by atoms with van der Waals surface area (Å²) in [7, 11) is 5.89. The monoisotopic (exact) mass is 729 g/mol. The summed E-state index contributed by atoms with van der Waals surface area (Å²) in [5.74, 6) is -0.0377. The molecule has 0 saturated carbocycles. The van der Waals surface area contributed by atoms with Crippen LogP contribution in [0.25, 0.3) is 34.0 Å². The number of fused-ring (bicyclic) bond motifs is 1. The van der Waals surface area contributed by atoms with E-state index in [-0.39, 0.29) is 13.2 Å². The van der Waals surface area contributed by atoms with E-state index in [1.807, 2.05) is 49.4 Å². The maximum atomic E-state index is 12.0. The molecule has 52 heavy (non-hydrogen) atoms. The van der Waals surface area contributed by atoms with Crippen molar-refractivity contribution in [2.45, 2.75) is 44.9 Å². The number of anilines is 1. The summed E-state index contributed by atoms with van der Waals surface area (Å²) in [5, 5.41) is 28.9. The second kappa shape index (κ2) is 17.6. The largest absolute Gasteiger partial charge is 0.481 e. The number of aliphatic hydroxyl groups is 2. The molecule has 2 aromatic carbocycles. The molecule has 0 amide bonds. The van der Waals surface area contributed by atoms with Gasteiger partial charge in [0.2, 0.25) is 5.88 Å². The molecule has 0 bridgehead atoms. The number of nitrogens with one attached hydrogen (secondary N) is 3. The van der Waals surface area contributed by atoms with Crippen molar-refractivity contribution in [3.05, 3.63) is 93.1 Å². The fourth-order valence-corrected chi connectivity index (χ4v) is 6.72. The first-order valence-electron chi connectivity index (χ1n) is 16.9. The van der Waals surface area contributed by atoms with Crippen LogP contribution in [0, 0.1) is 6.92 Å². The smallest absolute Gasteiger partial charge is 0.325 e. The van der Waals surface area contributed by atoms with Gasteiger partial charge in [-0.2, -0.15) is 0 Å². The predicted octanol–water partition coefficient (Wildman–Crippen LogP) is 4.56. The van der Waals surface area contributed by atoms with E-state index in [4.69, 9.17) is 35.8 Å². The van der Waals surface area contributed by atoms with Gasteiger partial charge in [0.15, 0.2) is 0 Å². The van der Waals surface area contributed by atoms with Crippen LogP contribution in [0.1, 0.15) is 39.9 Å². The molecule has 0 spiro atoms. The van der Waals surface area contributed by atoms with Crippen LogP contribution in [0.4, 0.5) is 5.82 Å². The fraction of sp³-hybridized carbons (Fsp3) is 0.333. The summed E-state index contributed by atoms with van der Waals surface area (Å²) in [4.78, 5) is 33.5. The van der Waals surface area contributed by atoms with E-state index in [0.717, 1.165) is 63.1 Å². The molecule has 5 rings (SSSR count). The van der Waals surface area contributed by atoms with Crippen molar-refractivity contribution in [1.82, 2.24) is 20.6 Å². The van der Waals surface area contributed by atoms with Crippen molar-refractivity contribution in [3.63, 3.8) is 0 Å². The Hall–Kier alpha value is -4.85. The molecule has 12 nitrogen and oxygen atoms in total. The number of nitrogens with zero attached hydrogens (tertiary/aromatic N) is 2. The highest BCUT2D eigenvalue weighted by atomic mass is 35.5. The third-order valence-electron chi connectivity index (χ3n) is 9.19. The number of aromatic nitrogens is 2. The lowest BCUT2D eigenvalue weighted by atomic mass is 9.94. The Morgan fingerprint density at radius 1 is 0.865 bits per heavy atom. The van der Waals surface area contributed by atoms with Gasteiger partial charge in [0, 0.05) is 42.4 Å². The molecule has 0 radical (unpaired) electrons. The Kier molecular flexibility index (Phi) is 13.0. The zero-order valence-corrected chi connectivity index (χ0v) is 30.6. The van der Waals surface area contributed by atoms with E-state index in [1.54, 1.807) is 14.2 Å². The molecular formula is C39H44ClN5O7. The predicted molar refractivity (Wildman–Crippen MR) is 201 cm³/mol. The van der Waals surface area contributed by atoms with Gasteiger partial charge in [-0.1, -0.05) is 54.1 Å². The van der Waals surface area contributed by atoms with E-state index in [0.29, 0.717) is 29.0 Å². The SMILES string of the molecule is CNc1nc(-c2cccc(-c3cccc4c3CC/C4=C\c3ccc(CNC(CO)C(=O)OC)c(OC)n3)c2Cl)cc(C)c1CNC(CO)C(=O)OC. The highest BCUT2D eigenvalue weighted by Gasteiger charge is 2.24. The zero-order chi connectivity index (χ0) is 37.4. The number of rotatable bonds is 15. The molecule has 0 saturated heterocycles. The number of aliphatic hydroxyl groups excluding tert-OH is 2. The van der Waals surface area contributed by atoms with Crippen LogP contribution in [0.15, 0.2) is 54.6 Å². The molecule has 4 aromatic rings. The molecule has 274 valence electrons. The minimum Gasteiger partial charge on any atom is -0.481 e. The molecule has 0 aliphatic heterocycles. The number of esters is 2. The minimum absolute atomic E-state index is 0.258. The summed E-state index contributed by atoms with van der Waals surface area (Å²) in [6, 6.07) is 16.3. The number of pyridine rings is 2. The van der Waals surface area contributed by atoms with Crippen LogP contribution in [0.5, 0.6) is 5.88 Å². The highest BCUT2D eigenvalue weighted by Crippen LogP contribution is 2.43. The third kappa shape index (κ3) is 8.27. The first-order valence-corrected chi connectivity index (χ1v) is 17.2.